The quantitative estimate of drug-likeness (QED) is 0.747. The van der Waals surface area contributed by atoms with Crippen molar-refractivity contribution in [3.05, 3.63) is 18.5 Å². The van der Waals surface area contributed by atoms with E-state index in [1.807, 2.05) is 13.8 Å². The maximum absolute atomic E-state index is 11.6. The van der Waals surface area contributed by atoms with Crippen molar-refractivity contribution in [2.24, 2.45) is 0 Å². The Morgan fingerprint density at radius 1 is 1.31 bits per heavy atom. The van der Waals surface area contributed by atoms with Crippen LogP contribution in [0.1, 0.15) is 13.8 Å². The molecule has 0 spiro atoms. The number of nitrogens with one attached hydrogen (secondary N) is 2. The standard InChI is InChI=1S/C9H16N4O2S/c1-8(2)10-6-7-16(14,15)13-9-11-4-3-5-12-9/h3-5,8,10H,6-7H2,1-2H3,(H,11,12,13). The number of nitrogens with zero attached hydrogens (tertiary/aromatic N) is 2. The Bertz CT molecular complexity index is 405. The second-order valence-electron chi connectivity index (χ2n) is 3.60. The molecule has 0 fully saturated rings. The average Bonchev–Trinajstić information content (AvgIpc) is 2.17. The van der Waals surface area contributed by atoms with Gasteiger partial charge in [0, 0.05) is 25.0 Å². The molecule has 1 aromatic rings. The van der Waals surface area contributed by atoms with Crippen LogP contribution in [0.5, 0.6) is 0 Å². The maximum Gasteiger partial charge on any atom is 0.236 e. The summed E-state index contributed by atoms with van der Waals surface area (Å²) in [6, 6.07) is 1.89. The van der Waals surface area contributed by atoms with Gasteiger partial charge in [-0.25, -0.2) is 18.4 Å². The zero-order chi connectivity index (χ0) is 12.0. The van der Waals surface area contributed by atoms with Crippen LogP contribution in [0.15, 0.2) is 18.5 Å². The van der Waals surface area contributed by atoms with Crippen LogP contribution in [0.3, 0.4) is 0 Å². The molecule has 0 radical (unpaired) electrons. The molecule has 0 aromatic carbocycles. The smallest absolute Gasteiger partial charge is 0.236 e. The van der Waals surface area contributed by atoms with Gasteiger partial charge in [0.25, 0.3) is 0 Å². The van der Waals surface area contributed by atoms with Crippen molar-refractivity contribution >= 4 is 16.0 Å². The van der Waals surface area contributed by atoms with Crippen molar-refractivity contribution in [3.8, 4) is 0 Å². The molecule has 16 heavy (non-hydrogen) atoms. The first-order valence-electron chi connectivity index (χ1n) is 5.00. The van der Waals surface area contributed by atoms with E-state index in [0.717, 1.165) is 0 Å². The molecule has 90 valence electrons. The third kappa shape index (κ3) is 5.04. The average molecular weight is 244 g/mol. The van der Waals surface area contributed by atoms with E-state index < -0.39 is 10.0 Å². The van der Waals surface area contributed by atoms with E-state index in [0.29, 0.717) is 6.54 Å². The monoisotopic (exact) mass is 244 g/mol. The van der Waals surface area contributed by atoms with Gasteiger partial charge >= 0.3 is 0 Å². The zero-order valence-corrected chi connectivity index (χ0v) is 10.2. The van der Waals surface area contributed by atoms with Crippen LogP contribution < -0.4 is 10.0 Å². The van der Waals surface area contributed by atoms with Gasteiger partial charge in [0.1, 0.15) is 0 Å². The molecule has 0 saturated carbocycles. The summed E-state index contributed by atoms with van der Waals surface area (Å²) in [7, 11) is -3.37. The lowest BCUT2D eigenvalue weighted by Gasteiger charge is -2.09. The molecule has 2 N–H and O–H groups in total. The first-order valence-corrected chi connectivity index (χ1v) is 6.66. The SMILES string of the molecule is CC(C)NCCS(=O)(=O)Nc1ncccn1. The molecular weight excluding hydrogens is 228 g/mol. The van der Waals surface area contributed by atoms with Crippen molar-refractivity contribution in [3.63, 3.8) is 0 Å². The van der Waals surface area contributed by atoms with E-state index in [1.54, 1.807) is 6.07 Å². The fraction of sp³-hybridized carbons (Fsp3) is 0.556. The van der Waals surface area contributed by atoms with Crippen LogP contribution in [0.2, 0.25) is 0 Å². The molecule has 1 rings (SSSR count). The van der Waals surface area contributed by atoms with Crippen LogP contribution >= 0.6 is 0 Å². The number of anilines is 1. The molecule has 0 atom stereocenters. The van der Waals surface area contributed by atoms with Gasteiger partial charge < -0.3 is 5.32 Å². The highest BCUT2D eigenvalue weighted by Gasteiger charge is 2.11. The molecule has 0 saturated heterocycles. The minimum atomic E-state index is -3.37. The summed E-state index contributed by atoms with van der Waals surface area (Å²) in [6.45, 7) is 4.32. The van der Waals surface area contributed by atoms with Crippen LogP contribution in [0.25, 0.3) is 0 Å². The van der Waals surface area contributed by atoms with Gasteiger partial charge in [0.05, 0.1) is 5.75 Å². The van der Waals surface area contributed by atoms with Gasteiger partial charge in [-0.15, -0.1) is 0 Å². The highest BCUT2D eigenvalue weighted by atomic mass is 32.2. The van der Waals surface area contributed by atoms with Crippen molar-refractivity contribution in [2.75, 3.05) is 17.0 Å². The first-order chi connectivity index (χ1) is 7.49. The van der Waals surface area contributed by atoms with Crippen LogP contribution in [-0.4, -0.2) is 36.7 Å². The Morgan fingerprint density at radius 2 is 1.94 bits per heavy atom. The predicted octanol–water partition coefficient (Wildman–Crippen LogP) is 0.216. The number of hydrogen-bond acceptors (Lipinski definition) is 5. The summed E-state index contributed by atoms with van der Waals surface area (Å²) < 4.78 is 25.4. The predicted molar refractivity (Wildman–Crippen MR) is 62.6 cm³/mol. The Hall–Kier alpha value is -1.21. The molecule has 6 nitrogen and oxygen atoms in total. The van der Waals surface area contributed by atoms with Gasteiger partial charge in [0.2, 0.25) is 16.0 Å². The fourth-order valence-electron chi connectivity index (χ4n) is 1.02. The minimum Gasteiger partial charge on any atom is -0.313 e. The van der Waals surface area contributed by atoms with E-state index >= 15 is 0 Å². The molecule has 0 bridgehead atoms. The van der Waals surface area contributed by atoms with Crippen molar-refractivity contribution < 1.29 is 8.42 Å². The number of aromatic nitrogens is 2. The van der Waals surface area contributed by atoms with Gasteiger partial charge in [-0.1, -0.05) is 13.8 Å². The minimum absolute atomic E-state index is 0.00341. The number of rotatable bonds is 6. The lowest BCUT2D eigenvalue weighted by Crippen LogP contribution is -2.31. The molecule has 0 aliphatic rings. The van der Waals surface area contributed by atoms with Gasteiger partial charge in [-0.05, 0) is 6.07 Å². The van der Waals surface area contributed by atoms with Crippen LogP contribution in [0, 0.1) is 0 Å². The second-order valence-corrected chi connectivity index (χ2v) is 5.44. The summed E-state index contributed by atoms with van der Waals surface area (Å²) in [5.41, 5.74) is 0. The molecule has 0 amide bonds. The Morgan fingerprint density at radius 3 is 2.50 bits per heavy atom. The molecule has 7 heteroatoms. The van der Waals surface area contributed by atoms with E-state index in [-0.39, 0.29) is 17.7 Å². The normalized spacial score (nSPS) is 11.7. The zero-order valence-electron chi connectivity index (χ0n) is 9.34. The van der Waals surface area contributed by atoms with Crippen molar-refractivity contribution in [1.82, 2.24) is 15.3 Å². The fourth-order valence-corrected chi connectivity index (χ4v) is 1.90. The molecular formula is C9H16N4O2S. The number of sulfonamides is 1. The Kier molecular flexibility index (Phi) is 4.63. The van der Waals surface area contributed by atoms with E-state index in [2.05, 4.69) is 20.0 Å². The van der Waals surface area contributed by atoms with Gasteiger partial charge in [0.15, 0.2) is 0 Å². The topological polar surface area (TPSA) is 84.0 Å². The summed E-state index contributed by atoms with van der Waals surface area (Å²) in [6.07, 6.45) is 2.97. The largest absolute Gasteiger partial charge is 0.313 e. The summed E-state index contributed by atoms with van der Waals surface area (Å²) in [5, 5.41) is 3.03. The third-order valence-corrected chi connectivity index (χ3v) is 2.97. The maximum atomic E-state index is 11.6. The van der Waals surface area contributed by atoms with Crippen LogP contribution in [0.4, 0.5) is 5.95 Å². The molecule has 1 heterocycles. The lowest BCUT2D eigenvalue weighted by molar-refractivity contribution is 0.581. The van der Waals surface area contributed by atoms with Crippen LogP contribution in [-0.2, 0) is 10.0 Å². The summed E-state index contributed by atoms with van der Waals surface area (Å²) in [5.74, 6) is 0.107. The lowest BCUT2D eigenvalue weighted by atomic mass is 10.4. The molecule has 1 aromatic heterocycles. The van der Waals surface area contributed by atoms with Crippen molar-refractivity contribution in [1.29, 1.82) is 0 Å². The molecule has 0 unspecified atom stereocenters. The van der Waals surface area contributed by atoms with E-state index in [1.165, 1.54) is 12.4 Å². The highest BCUT2D eigenvalue weighted by molar-refractivity contribution is 7.92. The molecule has 0 aliphatic heterocycles. The summed E-state index contributed by atoms with van der Waals surface area (Å²) in [4.78, 5) is 7.57. The Balaban J connectivity index is 2.46. The Labute approximate surface area is 95.6 Å². The highest BCUT2D eigenvalue weighted by Crippen LogP contribution is 1.98. The second kappa shape index (κ2) is 5.76. The van der Waals surface area contributed by atoms with E-state index in [9.17, 15) is 8.42 Å². The first kappa shape index (κ1) is 12.9. The molecule has 0 aliphatic carbocycles. The van der Waals surface area contributed by atoms with Crippen molar-refractivity contribution in [2.45, 2.75) is 19.9 Å². The van der Waals surface area contributed by atoms with Gasteiger partial charge in [-0.2, -0.15) is 0 Å². The van der Waals surface area contributed by atoms with Gasteiger partial charge in [-0.3, -0.25) is 4.72 Å². The van der Waals surface area contributed by atoms with E-state index in [4.69, 9.17) is 0 Å². The summed E-state index contributed by atoms with van der Waals surface area (Å²) >= 11 is 0. The number of hydrogen-bond donors (Lipinski definition) is 2. The third-order valence-electron chi connectivity index (χ3n) is 1.74.